The molecule has 110 valence electrons. The average Bonchev–Trinajstić information content (AvgIpc) is 2.83. The van der Waals surface area contributed by atoms with Gasteiger partial charge in [-0.25, -0.2) is 13.9 Å². The van der Waals surface area contributed by atoms with E-state index < -0.39 is 27.8 Å². The second-order valence-corrected chi connectivity index (χ2v) is 5.59. The van der Waals surface area contributed by atoms with E-state index in [0.29, 0.717) is 9.54 Å². The number of hydrogen-bond acceptors (Lipinski definition) is 4. The Labute approximate surface area is 119 Å². The van der Waals surface area contributed by atoms with Crippen LogP contribution in [0.4, 0.5) is 0 Å². The molecule has 0 aliphatic carbocycles. The highest BCUT2D eigenvalue weighted by Crippen LogP contribution is 2.26. The molecule has 0 saturated carbocycles. The number of benzene rings is 1. The van der Waals surface area contributed by atoms with Gasteiger partial charge in [0.25, 0.3) is 0 Å². The second-order valence-electron chi connectivity index (χ2n) is 4.17. The van der Waals surface area contributed by atoms with E-state index >= 15 is 0 Å². The lowest BCUT2D eigenvalue weighted by Gasteiger charge is -2.06. The number of hydrogen-bond donors (Lipinski definition) is 3. The van der Waals surface area contributed by atoms with Crippen LogP contribution in [0.2, 0.25) is 0 Å². The Morgan fingerprint density at radius 1 is 1.10 bits per heavy atom. The average molecular weight is 309 g/mol. The minimum Gasteiger partial charge on any atom is -0.477 e. The molecule has 2 rings (SSSR count). The third-order valence-electron chi connectivity index (χ3n) is 2.81. The van der Waals surface area contributed by atoms with E-state index in [9.17, 15) is 23.1 Å². The number of rotatable bonds is 4. The van der Waals surface area contributed by atoms with Crippen molar-refractivity contribution in [2.45, 2.75) is 0 Å². The highest BCUT2D eigenvalue weighted by Gasteiger charge is 2.22. The zero-order valence-electron chi connectivity index (χ0n) is 10.6. The summed E-state index contributed by atoms with van der Waals surface area (Å²) in [4.78, 5) is 22.3. The number of aromatic nitrogens is 1. The fourth-order valence-electron chi connectivity index (χ4n) is 1.88. The quantitative estimate of drug-likeness (QED) is 0.727. The van der Waals surface area contributed by atoms with E-state index in [-0.39, 0.29) is 11.1 Å². The van der Waals surface area contributed by atoms with Gasteiger partial charge < -0.3 is 10.8 Å². The van der Waals surface area contributed by atoms with E-state index in [1.807, 2.05) is 0 Å². The molecule has 21 heavy (non-hydrogen) atoms. The normalized spacial score (nSPS) is 11.3. The maximum absolute atomic E-state index is 11.4. The maximum atomic E-state index is 11.4. The Bertz CT molecular complexity index is 821. The lowest BCUT2D eigenvalue weighted by atomic mass is 10.0. The fourth-order valence-corrected chi connectivity index (χ4v) is 2.54. The number of nitrogens with zero attached hydrogens (tertiary/aromatic N) is 1. The van der Waals surface area contributed by atoms with Gasteiger partial charge in [-0.05, 0) is 23.8 Å². The molecule has 0 atom stereocenters. The molecule has 0 fully saturated rings. The van der Waals surface area contributed by atoms with Crippen LogP contribution in [0.5, 0.6) is 0 Å². The van der Waals surface area contributed by atoms with Crippen LogP contribution in [0.25, 0.3) is 11.1 Å². The van der Waals surface area contributed by atoms with Crippen LogP contribution in [0.15, 0.2) is 36.5 Å². The topological polar surface area (TPSA) is 145 Å². The van der Waals surface area contributed by atoms with Gasteiger partial charge in [0, 0.05) is 17.3 Å². The van der Waals surface area contributed by atoms with Crippen molar-refractivity contribution in [3.63, 3.8) is 0 Å². The number of carboxylic acids is 1. The van der Waals surface area contributed by atoms with E-state index in [0.717, 1.165) is 6.20 Å². The molecule has 1 heterocycles. The second kappa shape index (κ2) is 5.04. The monoisotopic (exact) mass is 309 g/mol. The van der Waals surface area contributed by atoms with Crippen molar-refractivity contribution in [2.75, 3.05) is 0 Å². The van der Waals surface area contributed by atoms with E-state index in [4.69, 9.17) is 10.9 Å². The minimum absolute atomic E-state index is 0.160. The Kier molecular flexibility index (Phi) is 3.54. The zero-order valence-corrected chi connectivity index (χ0v) is 11.4. The highest BCUT2D eigenvalue weighted by atomic mass is 32.2. The number of primary amides is 1. The predicted octanol–water partition coefficient (Wildman–Crippen LogP) is 0.00380. The van der Waals surface area contributed by atoms with E-state index in [1.54, 1.807) is 0 Å². The first-order valence-electron chi connectivity index (χ1n) is 5.60. The Morgan fingerprint density at radius 3 is 2.10 bits per heavy atom. The van der Waals surface area contributed by atoms with Gasteiger partial charge in [0.1, 0.15) is 0 Å². The number of nitrogens with two attached hydrogens (primary N) is 2. The van der Waals surface area contributed by atoms with Gasteiger partial charge in [0.05, 0.1) is 0 Å². The van der Waals surface area contributed by atoms with Gasteiger partial charge >= 0.3 is 16.2 Å². The first kappa shape index (κ1) is 14.8. The summed E-state index contributed by atoms with van der Waals surface area (Å²) in [5.74, 6) is -2.06. The van der Waals surface area contributed by atoms with Crippen LogP contribution < -0.4 is 10.9 Å². The molecule has 9 heteroatoms. The van der Waals surface area contributed by atoms with Gasteiger partial charge in [0.15, 0.2) is 5.69 Å². The molecule has 2 aromatic rings. The summed E-state index contributed by atoms with van der Waals surface area (Å²) in [5, 5.41) is 14.1. The molecule has 0 radical (unpaired) electrons. The van der Waals surface area contributed by atoms with Crippen LogP contribution in [-0.2, 0) is 10.2 Å². The number of carbonyl (C=O) groups excluding carboxylic acids is 1. The molecular weight excluding hydrogens is 298 g/mol. The van der Waals surface area contributed by atoms with Crippen LogP contribution in [0.3, 0.4) is 0 Å². The summed E-state index contributed by atoms with van der Waals surface area (Å²) in [5.41, 5.74) is 5.45. The van der Waals surface area contributed by atoms with Crippen molar-refractivity contribution in [2.24, 2.45) is 10.9 Å². The maximum Gasteiger partial charge on any atom is 0.354 e. The van der Waals surface area contributed by atoms with Crippen molar-refractivity contribution in [3.05, 3.63) is 47.8 Å². The Hall–Kier alpha value is -2.65. The van der Waals surface area contributed by atoms with E-state index in [1.165, 1.54) is 30.3 Å². The van der Waals surface area contributed by atoms with Gasteiger partial charge in [-0.2, -0.15) is 8.42 Å². The molecule has 0 spiro atoms. The SMILES string of the molecule is NC(=O)c1ccc(-c2ccn(S(N)(=O)=O)c2C(=O)O)cc1. The van der Waals surface area contributed by atoms with Crippen LogP contribution in [0.1, 0.15) is 20.8 Å². The molecule has 0 saturated heterocycles. The number of aromatic carboxylic acids is 1. The van der Waals surface area contributed by atoms with Crippen molar-refractivity contribution < 1.29 is 23.1 Å². The predicted molar refractivity (Wildman–Crippen MR) is 73.9 cm³/mol. The lowest BCUT2D eigenvalue weighted by molar-refractivity contribution is 0.0690. The number of amides is 1. The van der Waals surface area contributed by atoms with E-state index in [2.05, 4.69) is 0 Å². The summed E-state index contributed by atoms with van der Waals surface area (Å²) in [6, 6.07) is 7.08. The fraction of sp³-hybridized carbons (Fsp3) is 0. The van der Waals surface area contributed by atoms with Crippen LogP contribution >= 0.6 is 0 Å². The summed E-state index contributed by atoms with van der Waals surface area (Å²) in [6.07, 6.45) is 1.05. The molecule has 0 bridgehead atoms. The molecule has 1 amide bonds. The molecule has 1 aromatic carbocycles. The van der Waals surface area contributed by atoms with Gasteiger partial charge in [-0.3, -0.25) is 4.79 Å². The van der Waals surface area contributed by atoms with Gasteiger partial charge in [-0.15, -0.1) is 0 Å². The van der Waals surface area contributed by atoms with Gasteiger partial charge in [-0.1, -0.05) is 12.1 Å². The molecule has 0 aliphatic rings. The molecule has 5 N–H and O–H groups in total. The molecule has 0 aliphatic heterocycles. The molecule has 0 unspecified atom stereocenters. The van der Waals surface area contributed by atoms with Crippen LogP contribution in [0, 0.1) is 0 Å². The van der Waals surface area contributed by atoms with Crippen molar-refractivity contribution >= 4 is 22.1 Å². The number of carbonyl (C=O) groups is 2. The standard InChI is InChI=1S/C12H11N3O5S/c13-11(16)8-3-1-7(2-4-8)9-5-6-15(21(14,19)20)10(9)12(17)18/h1-6H,(H2,13,16)(H,17,18)(H2,14,19,20). The van der Waals surface area contributed by atoms with Crippen molar-refractivity contribution in [3.8, 4) is 11.1 Å². The summed E-state index contributed by atoms with van der Waals surface area (Å²) in [7, 11) is -4.23. The van der Waals surface area contributed by atoms with Crippen LogP contribution in [-0.4, -0.2) is 29.4 Å². The highest BCUT2D eigenvalue weighted by molar-refractivity contribution is 7.87. The Morgan fingerprint density at radius 2 is 1.67 bits per heavy atom. The Balaban J connectivity index is 2.62. The zero-order chi connectivity index (χ0) is 15.8. The third kappa shape index (κ3) is 2.78. The summed E-state index contributed by atoms with van der Waals surface area (Å²) < 4.78 is 23.2. The summed E-state index contributed by atoms with van der Waals surface area (Å²) in [6.45, 7) is 0. The summed E-state index contributed by atoms with van der Waals surface area (Å²) >= 11 is 0. The van der Waals surface area contributed by atoms with Crippen molar-refractivity contribution in [1.29, 1.82) is 0 Å². The number of carboxylic acid groups (broad SMARTS) is 1. The minimum atomic E-state index is -4.23. The van der Waals surface area contributed by atoms with Crippen molar-refractivity contribution in [1.82, 2.24) is 3.97 Å². The first-order chi connectivity index (χ1) is 9.71. The molecular formula is C12H11N3O5S. The first-order valence-corrected chi connectivity index (χ1v) is 7.10. The third-order valence-corrected chi connectivity index (χ3v) is 3.66. The smallest absolute Gasteiger partial charge is 0.354 e. The van der Waals surface area contributed by atoms with Gasteiger partial charge in [0.2, 0.25) is 5.91 Å². The molecule has 1 aromatic heterocycles. The lowest BCUT2D eigenvalue weighted by Crippen LogP contribution is -2.24. The largest absolute Gasteiger partial charge is 0.477 e. The molecule has 8 nitrogen and oxygen atoms in total.